The van der Waals surface area contributed by atoms with Crippen molar-refractivity contribution in [2.75, 3.05) is 12.4 Å². The molecule has 0 aliphatic heterocycles. The minimum absolute atomic E-state index is 0.193. The molecule has 0 bridgehead atoms. The van der Waals surface area contributed by atoms with Crippen molar-refractivity contribution in [1.82, 2.24) is 5.43 Å². The number of carbonyl (C=O) groups excluding carboxylic acids is 2. The number of carbonyl (C=O) groups is 2. The number of nitrogens with one attached hydrogen (secondary N) is 2. The van der Waals surface area contributed by atoms with Gasteiger partial charge in [0.2, 0.25) is 0 Å². The van der Waals surface area contributed by atoms with E-state index in [1.807, 2.05) is 5.43 Å². The lowest BCUT2D eigenvalue weighted by Gasteiger charge is -2.08. The largest absolute Gasteiger partial charge is 0.495 e. The smallest absolute Gasteiger partial charge is 0.329 e. The Kier molecular flexibility index (Phi) is 5.40. The number of ether oxygens (including phenoxy) is 1. The van der Waals surface area contributed by atoms with Gasteiger partial charge in [-0.25, -0.2) is 9.82 Å². The molecule has 0 aromatic heterocycles. The van der Waals surface area contributed by atoms with E-state index in [1.165, 1.54) is 25.3 Å². The second kappa shape index (κ2) is 7.69. The van der Waals surface area contributed by atoms with Gasteiger partial charge >= 0.3 is 11.8 Å². The lowest BCUT2D eigenvalue weighted by Crippen LogP contribution is -2.32. The molecular weight excluding hydrogens is 301 g/mol. The van der Waals surface area contributed by atoms with E-state index in [4.69, 9.17) is 4.74 Å². The molecule has 0 saturated heterocycles. The molecule has 23 heavy (non-hydrogen) atoms. The molecule has 0 unspecified atom stereocenters. The molecule has 0 atom stereocenters. The Morgan fingerprint density at radius 3 is 2.52 bits per heavy atom. The summed E-state index contributed by atoms with van der Waals surface area (Å²) in [5.74, 6) is -1.96. The molecule has 2 amide bonds. The van der Waals surface area contributed by atoms with Crippen LogP contribution in [-0.2, 0) is 9.59 Å². The van der Waals surface area contributed by atoms with Crippen LogP contribution in [0.15, 0.2) is 53.6 Å². The molecule has 6 nitrogen and oxygen atoms in total. The fraction of sp³-hybridized carbons (Fsp3) is 0.0625. The zero-order valence-corrected chi connectivity index (χ0v) is 12.2. The summed E-state index contributed by atoms with van der Waals surface area (Å²) in [4.78, 5) is 23.4. The highest BCUT2D eigenvalue weighted by Crippen LogP contribution is 2.22. The van der Waals surface area contributed by atoms with Gasteiger partial charge in [0.05, 0.1) is 19.0 Å². The van der Waals surface area contributed by atoms with E-state index in [-0.39, 0.29) is 5.56 Å². The third-order valence-corrected chi connectivity index (χ3v) is 2.84. The first-order valence-corrected chi connectivity index (χ1v) is 6.63. The molecule has 2 N–H and O–H groups in total. The molecule has 2 rings (SSSR count). The van der Waals surface area contributed by atoms with Gasteiger partial charge in [-0.3, -0.25) is 9.59 Å². The molecule has 0 aliphatic carbocycles. The molecule has 0 fully saturated rings. The summed E-state index contributed by atoms with van der Waals surface area (Å²) in [5.41, 5.74) is 2.57. The van der Waals surface area contributed by atoms with Crippen LogP contribution in [0, 0.1) is 5.82 Å². The van der Waals surface area contributed by atoms with Crippen LogP contribution in [0.3, 0.4) is 0 Å². The van der Waals surface area contributed by atoms with Crippen molar-refractivity contribution in [3.05, 3.63) is 59.9 Å². The Balaban J connectivity index is 1.95. The highest BCUT2D eigenvalue weighted by Gasteiger charge is 2.14. The van der Waals surface area contributed by atoms with E-state index in [2.05, 4.69) is 10.4 Å². The number of anilines is 1. The molecule has 118 valence electrons. The molecule has 7 heteroatoms. The number of para-hydroxylation sites is 2. The van der Waals surface area contributed by atoms with Gasteiger partial charge in [-0.15, -0.1) is 0 Å². The number of halogens is 1. The van der Waals surface area contributed by atoms with Crippen molar-refractivity contribution < 1.29 is 18.7 Å². The number of nitrogens with zero attached hydrogens (tertiary/aromatic N) is 1. The summed E-state index contributed by atoms with van der Waals surface area (Å²) in [6.45, 7) is 0. The van der Waals surface area contributed by atoms with Crippen molar-refractivity contribution in [2.45, 2.75) is 0 Å². The fourth-order valence-electron chi connectivity index (χ4n) is 1.72. The maximum Gasteiger partial charge on any atom is 0.329 e. The van der Waals surface area contributed by atoms with Crippen molar-refractivity contribution in [3.63, 3.8) is 0 Å². The van der Waals surface area contributed by atoms with Crippen LogP contribution in [0.1, 0.15) is 5.56 Å². The normalized spacial score (nSPS) is 10.3. The number of hydrogen-bond acceptors (Lipinski definition) is 4. The first kappa shape index (κ1) is 16.2. The van der Waals surface area contributed by atoms with Gasteiger partial charge in [0, 0.05) is 5.56 Å². The molecule has 0 radical (unpaired) electrons. The minimum Gasteiger partial charge on any atom is -0.495 e. The number of amides is 2. The van der Waals surface area contributed by atoms with Crippen LogP contribution >= 0.6 is 0 Å². The molecule has 2 aromatic rings. The Morgan fingerprint density at radius 1 is 1.09 bits per heavy atom. The number of benzene rings is 2. The van der Waals surface area contributed by atoms with E-state index in [0.29, 0.717) is 11.4 Å². The van der Waals surface area contributed by atoms with E-state index >= 15 is 0 Å². The van der Waals surface area contributed by atoms with E-state index in [1.54, 1.807) is 30.3 Å². The summed E-state index contributed by atoms with van der Waals surface area (Å²) in [6.07, 6.45) is 1.11. The van der Waals surface area contributed by atoms with Crippen LogP contribution < -0.4 is 15.5 Å². The zero-order valence-electron chi connectivity index (χ0n) is 12.2. The third kappa shape index (κ3) is 4.37. The summed E-state index contributed by atoms with van der Waals surface area (Å²) >= 11 is 0. The average Bonchev–Trinajstić information content (AvgIpc) is 2.57. The number of hydrogen-bond donors (Lipinski definition) is 2. The topological polar surface area (TPSA) is 79.8 Å². The van der Waals surface area contributed by atoms with Gasteiger partial charge < -0.3 is 10.1 Å². The van der Waals surface area contributed by atoms with Crippen molar-refractivity contribution in [1.29, 1.82) is 0 Å². The van der Waals surface area contributed by atoms with Gasteiger partial charge in [0.1, 0.15) is 11.6 Å². The number of hydrazone groups is 1. The summed E-state index contributed by atoms with van der Waals surface area (Å²) in [5, 5.41) is 5.95. The predicted molar refractivity (Wildman–Crippen MR) is 83.8 cm³/mol. The van der Waals surface area contributed by atoms with E-state index in [9.17, 15) is 14.0 Å². The standard InChI is InChI=1S/C16H14FN3O3/c1-23-14-9-5-4-8-13(14)19-15(21)16(22)20-18-10-11-6-2-3-7-12(11)17/h2-10H,1H3,(H,19,21)(H,20,22). The predicted octanol–water partition coefficient (Wildman–Crippen LogP) is 1.92. The van der Waals surface area contributed by atoms with Crippen LogP contribution in [-0.4, -0.2) is 25.1 Å². The molecule has 0 aliphatic rings. The van der Waals surface area contributed by atoms with Crippen LogP contribution in [0.5, 0.6) is 5.75 Å². The SMILES string of the molecule is COc1ccccc1NC(=O)C(=O)NN=Cc1ccccc1F. The average molecular weight is 315 g/mol. The maximum absolute atomic E-state index is 13.3. The van der Waals surface area contributed by atoms with E-state index < -0.39 is 17.6 Å². The Morgan fingerprint density at radius 2 is 1.78 bits per heavy atom. The number of rotatable bonds is 4. The van der Waals surface area contributed by atoms with Crippen molar-refractivity contribution in [2.24, 2.45) is 5.10 Å². The molecule has 0 heterocycles. The van der Waals surface area contributed by atoms with Gasteiger partial charge in [0.25, 0.3) is 0 Å². The first-order valence-electron chi connectivity index (χ1n) is 6.63. The van der Waals surface area contributed by atoms with Crippen molar-refractivity contribution >= 4 is 23.7 Å². The summed E-state index contributed by atoms with van der Waals surface area (Å²) < 4.78 is 18.4. The van der Waals surface area contributed by atoms with Gasteiger partial charge in [-0.2, -0.15) is 5.10 Å². The number of methoxy groups -OCH3 is 1. The van der Waals surface area contributed by atoms with Gasteiger partial charge in [0.15, 0.2) is 0 Å². The molecular formula is C16H14FN3O3. The Labute approximate surface area is 132 Å². The molecule has 0 saturated carbocycles. The van der Waals surface area contributed by atoms with E-state index in [0.717, 1.165) is 6.21 Å². The second-order valence-corrected chi connectivity index (χ2v) is 4.38. The Hall–Kier alpha value is -3.22. The summed E-state index contributed by atoms with van der Waals surface area (Å²) in [6, 6.07) is 12.6. The molecule has 0 spiro atoms. The summed E-state index contributed by atoms with van der Waals surface area (Å²) in [7, 11) is 1.45. The van der Waals surface area contributed by atoms with Crippen LogP contribution in [0.2, 0.25) is 0 Å². The Bertz CT molecular complexity index is 747. The fourth-order valence-corrected chi connectivity index (χ4v) is 1.72. The highest BCUT2D eigenvalue weighted by molar-refractivity contribution is 6.39. The monoisotopic (exact) mass is 315 g/mol. The quantitative estimate of drug-likeness (QED) is 0.514. The first-order chi connectivity index (χ1) is 11.1. The molecule has 2 aromatic carbocycles. The second-order valence-electron chi connectivity index (χ2n) is 4.38. The third-order valence-electron chi connectivity index (χ3n) is 2.84. The minimum atomic E-state index is -0.983. The lowest BCUT2D eigenvalue weighted by atomic mass is 10.2. The zero-order chi connectivity index (χ0) is 16.7. The van der Waals surface area contributed by atoms with Crippen molar-refractivity contribution in [3.8, 4) is 5.75 Å². The van der Waals surface area contributed by atoms with Gasteiger partial charge in [-0.05, 0) is 18.2 Å². The van der Waals surface area contributed by atoms with Gasteiger partial charge in [-0.1, -0.05) is 30.3 Å². The highest BCUT2D eigenvalue weighted by atomic mass is 19.1. The van der Waals surface area contributed by atoms with Crippen LogP contribution in [0.4, 0.5) is 10.1 Å². The lowest BCUT2D eigenvalue weighted by molar-refractivity contribution is -0.136. The maximum atomic E-state index is 13.3. The van der Waals surface area contributed by atoms with Crippen LogP contribution in [0.25, 0.3) is 0 Å².